The summed E-state index contributed by atoms with van der Waals surface area (Å²) in [6.07, 6.45) is -3.25. The van der Waals surface area contributed by atoms with Gasteiger partial charge in [0.15, 0.2) is 37.2 Å². The van der Waals surface area contributed by atoms with E-state index in [0.29, 0.717) is 0 Å². The Balaban J connectivity index is 2.98. The van der Waals surface area contributed by atoms with E-state index in [2.05, 4.69) is 19.6 Å². The quantitative estimate of drug-likeness (QED) is 0.528. The number of cyclic esters (lactones) is 1. The molecule has 1 rings (SSSR count). The molecule has 0 spiro atoms. The third-order valence-electron chi connectivity index (χ3n) is 3.16. The number of carbonyl (C=O) groups is 1. The standard InChI is InChI=1S/C15H34O6Si3/c1-22(2,3)18-10-11-13(20-23(4,5)6)12(16)14(15(17)19-11)21-24(7,8)9/h11-14,16H,10H2,1-9H3. The number of aliphatic hydroxyl groups is 1. The first-order valence-corrected chi connectivity index (χ1v) is 18.7. The summed E-state index contributed by atoms with van der Waals surface area (Å²) in [6.45, 7) is 18.5. The molecule has 4 unspecified atom stereocenters. The van der Waals surface area contributed by atoms with Crippen molar-refractivity contribution >= 4 is 30.9 Å². The minimum atomic E-state index is -2.02. The van der Waals surface area contributed by atoms with Gasteiger partial charge in [-0.25, -0.2) is 4.79 Å². The van der Waals surface area contributed by atoms with E-state index in [0.717, 1.165) is 0 Å². The summed E-state index contributed by atoms with van der Waals surface area (Å²) < 4.78 is 23.5. The van der Waals surface area contributed by atoms with E-state index in [9.17, 15) is 9.90 Å². The van der Waals surface area contributed by atoms with Crippen molar-refractivity contribution in [3.05, 3.63) is 0 Å². The summed E-state index contributed by atoms with van der Waals surface area (Å²) in [5, 5.41) is 10.8. The van der Waals surface area contributed by atoms with E-state index >= 15 is 0 Å². The van der Waals surface area contributed by atoms with Gasteiger partial charge in [-0.3, -0.25) is 0 Å². The Morgan fingerprint density at radius 2 is 1.42 bits per heavy atom. The van der Waals surface area contributed by atoms with Gasteiger partial charge in [0.05, 0.1) is 6.61 Å². The van der Waals surface area contributed by atoms with Crippen LogP contribution in [0.4, 0.5) is 0 Å². The molecule has 0 radical (unpaired) electrons. The van der Waals surface area contributed by atoms with Crippen LogP contribution in [0, 0.1) is 0 Å². The van der Waals surface area contributed by atoms with Crippen LogP contribution in [0.3, 0.4) is 0 Å². The van der Waals surface area contributed by atoms with E-state index in [-0.39, 0.29) is 6.61 Å². The molecule has 0 amide bonds. The van der Waals surface area contributed by atoms with E-state index in [1.807, 2.05) is 39.3 Å². The van der Waals surface area contributed by atoms with Gasteiger partial charge in [0.25, 0.3) is 0 Å². The Morgan fingerprint density at radius 1 is 0.917 bits per heavy atom. The highest BCUT2D eigenvalue weighted by atomic mass is 28.4. The summed E-state index contributed by atoms with van der Waals surface area (Å²) in [4.78, 5) is 12.4. The van der Waals surface area contributed by atoms with Crippen molar-refractivity contribution in [2.24, 2.45) is 0 Å². The minimum absolute atomic E-state index is 0.243. The number of esters is 1. The van der Waals surface area contributed by atoms with Crippen LogP contribution in [0.1, 0.15) is 0 Å². The maximum atomic E-state index is 12.4. The van der Waals surface area contributed by atoms with Crippen LogP contribution >= 0.6 is 0 Å². The fourth-order valence-corrected chi connectivity index (χ4v) is 5.10. The van der Waals surface area contributed by atoms with Crippen molar-refractivity contribution in [3.63, 3.8) is 0 Å². The number of hydrogen-bond donors (Lipinski definition) is 1. The fourth-order valence-electron chi connectivity index (χ4n) is 2.33. The Kier molecular flexibility index (Phi) is 7.04. The fraction of sp³-hybridized carbons (Fsp3) is 0.933. The van der Waals surface area contributed by atoms with Gasteiger partial charge >= 0.3 is 5.97 Å². The molecule has 0 aliphatic carbocycles. The third kappa shape index (κ3) is 7.46. The molecule has 1 fully saturated rings. The average Bonchev–Trinajstić information content (AvgIpc) is 2.32. The molecule has 1 saturated heterocycles. The molecule has 6 nitrogen and oxygen atoms in total. The molecule has 1 heterocycles. The zero-order chi connectivity index (χ0) is 18.9. The molecule has 1 aliphatic rings. The molecule has 0 saturated carbocycles. The summed E-state index contributed by atoms with van der Waals surface area (Å²) >= 11 is 0. The monoisotopic (exact) mass is 394 g/mol. The first kappa shape index (κ1) is 22.0. The second kappa shape index (κ2) is 7.68. The highest BCUT2D eigenvalue weighted by molar-refractivity contribution is 6.70. The first-order chi connectivity index (χ1) is 10.6. The van der Waals surface area contributed by atoms with Crippen LogP contribution in [-0.4, -0.2) is 67.1 Å². The molecular weight excluding hydrogens is 360 g/mol. The minimum Gasteiger partial charge on any atom is -0.455 e. The van der Waals surface area contributed by atoms with Crippen molar-refractivity contribution in [2.45, 2.75) is 83.3 Å². The van der Waals surface area contributed by atoms with E-state index < -0.39 is 55.3 Å². The molecular formula is C15H34O6Si3. The lowest BCUT2D eigenvalue weighted by molar-refractivity contribution is -0.200. The Morgan fingerprint density at radius 3 is 1.83 bits per heavy atom. The van der Waals surface area contributed by atoms with Gasteiger partial charge in [-0.05, 0) is 58.9 Å². The zero-order valence-electron chi connectivity index (χ0n) is 16.5. The van der Waals surface area contributed by atoms with Gasteiger partial charge in [0.1, 0.15) is 12.2 Å². The molecule has 0 bridgehead atoms. The van der Waals surface area contributed by atoms with Crippen LogP contribution in [0.2, 0.25) is 58.9 Å². The first-order valence-electron chi connectivity index (χ1n) is 8.47. The smallest absolute Gasteiger partial charge is 0.337 e. The van der Waals surface area contributed by atoms with Crippen molar-refractivity contribution in [3.8, 4) is 0 Å². The number of aliphatic hydroxyl groups excluding tert-OH is 1. The van der Waals surface area contributed by atoms with Crippen LogP contribution < -0.4 is 0 Å². The SMILES string of the molecule is C[Si](C)(C)OCC1OC(=O)C(O[Si](C)(C)C)C(O)C1O[Si](C)(C)C. The summed E-state index contributed by atoms with van der Waals surface area (Å²) in [7, 11) is -5.74. The largest absolute Gasteiger partial charge is 0.455 e. The Labute approximate surface area is 149 Å². The van der Waals surface area contributed by atoms with Crippen LogP contribution in [0.5, 0.6) is 0 Å². The molecule has 1 N–H and O–H groups in total. The topological polar surface area (TPSA) is 74.2 Å². The van der Waals surface area contributed by atoms with Gasteiger partial charge in [0, 0.05) is 0 Å². The lowest BCUT2D eigenvalue weighted by Crippen LogP contribution is -2.62. The van der Waals surface area contributed by atoms with Gasteiger partial charge < -0.3 is 23.1 Å². The Hall–Kier alpha value is -0.0394. The van der Waals surface area contributed by atoms with Crippen molar-refractivity contribution in [1.82, 2.24) is 0 Å². The van der Waals surface area contributed by atoms with Crippen molar-refractivity contribution in [1.29, 1.82) is 0 Å². The molecule has 1 aliphatic heterocycles. The molecule has 0 aromatic heterocycles. The normalized spacial score (nSPS) is 29.5. The molecule has 4 atom stereocenters. The second-order valence-corrected chi connectivity index (χ2v) is 22.7. The van der Waals surface area contributed by atoms with E-state index in [1.165, 1.54) is 0 Å². The molecule has 24 heavy (non-hydrogen) atoms. The van der Waals surface area contributed by atoms with Crippen molar-refractivity contribution < 1.29 is 27.9 Å². The molecule has 9 heteroatoms. The predicted octanol–water partition coefficient (Wildman–Crippen LogP) is 2.56. The van der Waals surface area contributed by atoms with Crippen LogP contribution in [-0.2, 0) is 22.8 Å². The van der Waals surface area contributed by atoms with Gasteiger partial charge in [0.2, 0.25) is 0 Å². The third-order valence-corrected chi connectivity index (χ3v) is 6.14. The Bertz CT molecular complexity index is 436. The lowest BCUT2D eigenvalue weighted by Gasteiger charge is -2.43. The number of hydrogen-bond acceptors (Lipinski definition) is 6. The van der Waals surface area contributed by atoms with Crippen molar-refractivity contribution in [2.75, 3.05) is 6.61 Å². The molecule has 0 aromatic rings. The van der Waals surface area contributed by atoms with Gasteiger partial charge in [-0.1, -0.05) is 0 Å². The summed E-state index contributed by atoms with van der Waals surface area (Å²) in [5.74, 6) is -0.524. The molecule has 0 aromatic carbocycles. The number of carbonyl (C=O) groups excluding carboxylic acids is 1. The van der Waals surface area contributed by atoms with E-state index in [4.69, 9.17) is 18.0 Å². The molecule has 142 valence electrons. The summed E-state index contributed by atoms with van der Waals surface area (Å²) in [5.41, 5.74) is 0. The predicted molar refractivity (Wildman–Crippen MR) is 102 cm³/mol. The lowest BCUT2D eigenvalue weighted by atomic mass is 10.0. The number of rotatable bonds is 7. The van der Waals surface area contributed by atoms with E-state index in [1.54, 1.807) is 0 Å². The maximum absolute atomic E-state index is 12.4. The average molecular weight is 395 g/mol. The zero-order valence-corrected chi connectivity index (χ0v) is 19.5. The number of ether oxygens (including phenoxy) is 1. The van der Waals surface area contributed by atoms with Gasteiger partial charge in [-0.15, -0.1) is 0 Å². The van der Waals surface area contributed by atoms with Crippen LogP contribution in [0.25, 0.3) is 0 Å². The highest BCUT2D eigenvalue weighted by Crippen LogP contribution is 2.27. The second-order valence-electron chi connectivity index (χ2n) is 9.23. The summed E-state index contributed by atoms with van der Waals surface area (Å²) in [6, 6.07) is 0. The highest BCUT2D eigenvalue weighted by Gasteiger charge is 2.49. The van der Waals surface area contributed by atoms with Crippen LogP contribution in [0.15, 0.2) is 0 Å². The van der Waals surface area contributed by atoms with Gasteiger partial charge in [-0.2, -0.15) is 0 Å². The maximum Gasteiger partial charge on any atom is 0.337 e.